The van der Waals surface area contributed by atoms with Crippen LogP contribution in [0.2, 0.25) is 0 Å². The first-order valence-electron chi connectivity index (χ1n) is 3.46. The van der Waals surface area contributed by atoms with Crippen LogP contribution in [0.3, 0.4) is 0 Å². The summed E-state index contributed by atoms with van der Waals surface area (Å²) in [5.41, 5.74) is 0.601. The third-order valence-electron chi connectivity index (χ3n) is 1.22. The van der Waals surface area contributed by atoms with E-state index in [1.165, 1.54) is 17.8 Å². The second kappa shape index (κ2) is 3.66. The maximum Gasteiger partial charge on any atom is 0.221 e. The van der Waals surface area contributed by atoms with Crippen molar-refractivity contribution in [2.75, 3.05) is 5.32 Å². The van der Waals surface area contributed by atoms with Gasteiger partial charge in [-0.05, 0) is 0 Å². The van der Waals surface area contributed by atoms with E-state index >= 15 is 0 Å². The topological polar surface area (TPSA) is 64.0 Å². The predicted molar refractivity (Wildman–Crippen MR) is 42.6 cm³/mol. The minimum Gasteiger partial charge on any atom is -0.324 e. The van der Waals surface area contributed by atoms with Gasteiger partial charge in [0.25, 0.3) is 0 Å². The smallest absolute Gasteiger partial charge is 0.221 e. The zero-order valence-corrected chi connectivity index (χ0v) is 6.65. The van der Waals surface area contributed by atoms with Gasteiger partial charge in [0, 0.05) is 13.1 Å². The molecular weight excluding hydrogens is 158 g/mol. The van der Waals surface area contributed by atoms with Crippen molar-refractivity contribution in [3.63, 3.8) is 0 Å². The van der Waals surface area contributed by atoms with E-state index in [0.29, 0.717) is 5.69 Å². The van der Waals surface area contributed by atoms with E-state index in [9.17, 15) is 9.59 Å². The van der Waals surface area contributed by atoms with Crippen molar-refractivity contribution >= 4 is 17.9 Å². The normalized spacial score (nSPS) is 9.42. The van der Waals surface area contributed by atoms with Gasteiger partial charge >= 0.3 is 0 Å². The summed E-state index contributed by atoms with van der Waals surface area (Å²) >= 11 is 0. The van der Waals surface area contributed by atoms with Gasteiger partial charge in [-0.1, -0.05) is 0 Å². The SMILES string of the molecule is CC(=O)Nc1cnn(CC=O)c1. The van der Waals surface area contributed by atoms with E-state index < -0.39 is 0 Å². The van der Waals surface area contributed by atoms with Gasteiger partial charge in [0.2, 0.25) is 5.91 Å². The lowest BCUT2D eigenvalue weighted by Gasteiger charge is -1.93. The predicted octanol–water partition coefficient (Wildman–Crippen LogP) is 0.0404. The molecule has 0 bridgehead atoms. The Bertz CT molecular complexity index is 293. The molecule has 0 saturated carbocycles. The summed E-state index contributed by atoms with van der Waals surface area (Å²) in [6.07, 6.45) is 3.82. The molecule has 1 amide bonds. The number of rotatable bonds is 3. The number of carbonyl (C=O) groups excluding carboxylic acids is 2. The first kappa shape index (κ1) is 8.45. The van der Waals surface area contributed by atoms with Crippen LogP contribution >= 0.6 is 0 Å². The highest BCUT2D eigenvalue weighted by Gasteiger charge is 1.98. The third kappa shape index (κ3) is 2.19. The molecule has 0 aliphatic heterocycles. The Balaban J connectivity index is 2.63. The maximum absolute atomic E-state index is 10.6. The van der Waals surface area contributed by atoms with Crippen molar-refractivity contribution in [2.45, 2.75) is 13.5 Å². The monoisotopic (exact) mass is 167 g/mol. The van der Waals surface area contributed by atoms with Crippen molar-refractivity contribution in [2.24, 2.45) is 0 Å². The minimum atomic E-state index is -0.152. The summed E-state index contributed by atoms with van der Waals surface area (Å²) in [5.74, 6) is -0.152. The van der Waals surface area contributed by atoms with Crippen LogP contribution in [-0.4, -0.2) is 22.0 Å². The molecule has 0 aliphatic carbocycles. The van der Waals surface area contributed by atoms with Crippen LogP contribution in [0.25, 0.3) is 0 Å². The Morgan fingerprint density at radius 3 is 3.17 bits per heavy atom. The number of aromatic nitrogens is 2. The largest absolute Gasteiger partial charge is 0.324 e. The molecule has 0 aromatic carbocycles. The van der Waals surface area contributed by atoms with Gasteiger partial charge in [-0.15, -0.1) is 0 Å². The number of nitrogens with zero attached hydrogens (tertiary/aromatic N) is 2. The standard InChI is InChI=1S/C7H9N3O2/c1-6(12)9-7-4-8-10(5-7)2-3-11/h3-5H,2H2,1H3,(H,9,12). The van der Waals surface area contributed by atoms with Crippen LogP contribution in [0.4, 0.5) is 5.69 Å². The van der Waals surface area contributed by atoms with Gasteiger partial charge in [-0.2, -0.15) is 5.10 Å². The van der Waals surface area contributed by atoms with Gasteiger partial charge in [0.1, 0.15) is 6.29 Å². The Kier molecular flexibility index (Phi) is 2.57. The lowest BCUT2D eigenvalue weighted by atomic mass is 10.5. The molecule has 1 N–H and O–H groups in total. The number of amides is 1. The summed E-state index contributed by atoms with van der Waals surface area (Å²) < 4.78 is 1.44. The maximum atomic E-state index is 10.6. The van der Waals surface area contributed by atoms with E-state index in [1.54, 1.807) is 6.20 Å². The van der Waals surface area contributed by atoms with Gasteiger partial charge in [0.05, 0.1) is 18.4 Å². The van der Waals surface area contributed by atoms with Gasteiger partial charge in [0.15, 0.2) is 0 Å². The van der Waals surface area contributed by atoms with Gasteiger partial charge in [-0.25, -0.2) is 0 Å². The Morgan fingerprint density at radius 2 is 2.58 bits per heavy atom. The van der Waals surface area contributed by atoms with Crippen molar-refractivity contribution in [3.8, 4) is 0 Å². The second-order valence-corrected chi connectivity index (χ2v) is 2.30. The second-order valence-electron chi connectivity index (χ2n) is 2.30. The van der Waals surface area contributed by atoms with Crippen molar-refractivity contribution < 1.29 is 9.59 Å². The average Bonchev–Trinajstić information content (AvgIpc) is 2.36. The van der Waals surface area contributed by atoms with Crippen LogP contribution in [0.5, 0.6) is 0 Å². The minimum absolute atomic E-state index is 0.152. The third-order valence-corrected chi connectivity index (χ3v) is 1.22. The Hall–Kier alpha value is -1.65. The molecule has 1 rings (SSSR count). The number of anilines is 1. The van der Waals surface area contributed by atoms with E-state index in [2.05, 4.69) is 10.4 Å². The first-order chi connectivity index (χ1) is 5.72. The summed E-state index contributed by atoms with van der Waals surface area (Å²) in [6, 6.07) is 0. The number of hydrogen-bond donors (Lipinski definition) is 1. The summed E-state index contributed by atoms with van der Waals surface area (Å²) in [7, 11) is 0. The van der Waals surface area contributed by atoms with E-state index in [1.807, 2.05) is 0 Å². The highest BCUT2D eigenvalue weighted by atomic mass is 16.1. The zero-order valence-electron chi connectivity index (χ0n) is 6.65. The molecule has 1 heterocycles. The molecule has 0 atom stereocenters. The average molecular weight is 167 g/mol. The van der Waals surface area contributed by atoms with Crippen molar-refractivity contribution in [1.29, 1.82) is 0 Å². The molecule has 0 unspecified atom stereocenters. The van der Waals surface area contributed by atoms with Crippen molar-refractivity contribution in [3.05, 3.63) is 12.4 Å². The molecule has 5 heteroatoms. The fraction of sp³-hybridized carbons (Fsp3) is 0.286. The summed E-state index contributed by atoms with van der Waals surface area (Å²) in [6.45, 7) is 1.62. The number of carbonyl (C=O) groups is 2. The van der Waals surface area contributed by atoms with Crippen molar-refractivity contribution in [1.82, 2.24) is 9.78 Å². The van der Waals surface area contributed by atoms with Crippen LogP contribution in [-0.2, 0) is 16.1 Å². The molecule has 1 aromatic rings. The van der Waals surface area contributed by atoms with E-state index in [0.717, 1.165) is 6.29 Å². The number of aldehydes is 1. The molecule has 0 fully saturated rings. The summed E-state index contributed by atoms with van der Waals surface area (Å²) in [4.78, 5) is 20.6. The molecule has 0 saturated heterocycles. The molecule has 64 valence electrons. The molecule has 1 aromatic heterocycles. The van der Waals surface area contributed by atoms with Gasteiger partial charge < -0.3 is 10.1 Å². The van der Waals surface area contributed by atoms with Gasteiger partial charge in [-0.3, -0.25) is 9.48 Å². The zero-order chi connectivity index (χ0) is 8.97. The number of hydrogen-bond acceptors (Lipinski definition) is 3. The van der Waals surface area contributed by atoms with Crippen LogP contribution in [0.15, 0.2) is 12.4 Å². The van der Waals surface area contributed by atoms with Crippen LogP contribution in [0.1, 0.15) is 6.92 Å². The lowest BCUT2D eigenvalue weighted by molar-refractivity contribution is -0.114. The van der Waals surface area contributed by atoms with E-state index in [4.69, 9.17) is 0 Å². The lowest BCUT2D eigenvalue weighted by Crippen LogP contribution is -2.04. The number of nitrogens with one attached hydrogen (secondary N) is 1. The summed E-state index contributed by atoms with van der Waals surface area (Å²) in [5, 5.41) is 6.38. The Morgan fingerprint density at radius 1 is 1.83 bits per heavy atom. The highest BCUT2D eigenvalue weighted by molar-refractivity contribution is 5.88. The quantitative estimate of drug-likeness (QED) is 0.646. The molecule has 0 spiro atoms. The molecule has 0 aliphatic rings. The fourth-order valence-corrected chi connectivity index (χ4v) is 0.808. The molecule has 5 nitrogen and oxygen atoms in total. The fourth-order valence-electron chi connectivity index (χ4n) is 0.808. The molecule has 0 radical (unpaired) electrons. The molecular formula is C7H9N3O2. The van der Waals surface area contributed by atoms with Crippen LogP contribution < -0.4 is 5.32 Å². The first-order valence-corrected chi connectivity index (χ1v) is 3.46. The van der Waals surface area contributed by atoms with E-state index in [-0.39, 0.29) is 12.5 Å². The van der Waals surface area contributed by atoms with Crippen LogP contribution in [0, 0.1) is 0 Å². The molecule has 12 heavy (non-hydrogen) atoms. The highest BCUT2D eigenvalue weighted by Crippen LogP contribution is 2.03. The Labute approximate surface area is 69.4 Å².